The van der Waals surface area contributed by atoms with E-state index in [0.29, 0.717) is 18.8 Å². The fourth-order valence-electron chi connectivity index (χ4n) is 3.22. The van der Waals surface area contributed by atoms with Crippen molar-refractivity contribution in [3.05, 3.63) is 81.9 Å². The Morgan fingerprint density at radius 2 is 2.08 bits per heavy atom. The number of carbonyl (C=O) groups is 2. The summed E-state index contributed by atoms with van der Waals surface area (Å²) in [5.74, 6) is 0.581. The maximum Gasteiger partial charge on any atom is 0.255 e. The van der Waals surface area contributed by atoms with Crippen molar-refractivity contribution in [1.29, 1.82) is 0 Å². The number of nitrogens with one attached hydrogen (secondary N) is 1. The summed E-state index contributed by atoms with van der Waals surface area (Å²) < 4.78 is 5.24. The van der Waals surface area contributed by atoms with Crippen molar-refractivity contribution in [3.63, 3.8) is 0 Å². The molecule has 5 nitrogen and oxygen atoms in total. The van der Waals surface area contributed by atoms with Crippen LogP contribution in [0.1, 0.15) is 39.0 Å². The van der Waals surface area contributed by atoms with E-state index in [1.807, 2.05) is 47.8 Å². The van der Waals surface area contributed by atoms with E-state index in [1.54, 1.807) is 28.6 Å². The Morgan fingerprint density at radius 1 is 1.19 bits per heavy atom. The number of nitrogens with zero attached hydrogens (tertiary/aromatic N) is 1. The zero-order valence-electron chi connectivity index (χ0n) is 14.1. The monoisotopic (exact) mass is 366 g/mol. The van der Waals surface area contributed by atoms with Crippen molar-refractivity contribution in [2.75, 3.05) is 0 Å². The molecule has 0 unspecified atom stereocenters. The lowest BCUT2D eigenvalue weighted by molar-refractivity contribution is -0.122. The third-order valence-electron chi connectivity index (χ3n) is 4.52. The van der Waals surface area contributed by atoms with Gasteiger partial charge in [0, 0.05) is 17.0 Å². The minimum atomic E-state index is -0.272. The van der Waals surface area contributed by atoms with Gasteiger partial charge in [-0.2, -0.15) is 0 Å². The van der Waals surface area contributed by atoms with Crippen molar-refractivity contribution >= 4 is 23.2 Å². The Bertz CT molecular complexity index is 903. The van der Waals surface area contributed by atoms with E-state index in [4.69, 9.17) is 4.42 Å². The fourth-order valence-corrected chi connectivity index (χ4v) is 4.06. The number of benzene rings is 1. The fraction of sp³-hybridized carbons (Fsp3) is 0.200. The lowest BCUT2D eigenvalue weighted by Crippen LogP contribution is -2.33. The summed E-state index contributed by atoms with van der Waals surface area (Å²) in [7, 11) is 0. The largest absolute Gasteiger partial charge is 0.467 e. The average Bonchev–Trinajstić information content (AvgIpc) is 3.40. The molecule has 2 aromatic heterocycles. The quantitative estimate of drug-likeness (QED) is 0.723. The standard InChI is InChI=1S/C20H18N2O3S/c23-19(21-12-15-6-3-9-25-15)11-17(18-8-4-10-26-18)22-13-14-5-1-2-7-16(14)20(22)24/h1-10,17H,11-13H2,(H,21,23)/t17-/m0/s1. The second-order valence-corrected chi connectivity index (χ2v) is 7.16. The molecule has 4 rings (SSSR count). The molecule has 0 saturated heterocycles. The SMILES string of the molecule is O=C(C[C@@H](c1cccs1)N1Cc2ccccc2C1=O)NCc1ccco1. The summed E-state index contributed by atoms with van der Waals surface area (Å²) >= 11 is 1.56. The van der Waals surface area contributed by atoms with Gasteiger partial charge in [-0.15, -0.1) is 11.3 Å². The van der Waals surface area contributed by atoms with E-state index < -0.39 is 0 Å². The Morgan fingerprint density at radius 3 is 2.81 bits per heavy atom. The van der Waals surface area contributed by atoms with Crippen LogP contribution in [0.5, 0.6) is 0 Å². The lowest BCUT2D eigenvalue weighted by Gasteiger charge is -2.26. The minimum absolute atomic E-state index is 0.0159. The highest BCUT2D eigenvalue weighted by molar-refractivity contribution is 7.10. The molecule has 1 N–H and O–H groups in total. The van der Waals surface area contributed by atoms with Gasteiger partial charge in [-0.1, -0.05) is 24.3 Å². The molecule has 1 aliphatic heterocycles. The number of rotatable bonds is 6. The second kappa shape index (κ2) is 7.17. The third kappa shape index (κ3) is 3.28. The average molecular weight is 366 g/mol. The van der Waals surface area contributed by atoms with Crippen LogP contribution in [0.2, 0.25) is 0 Å². The number of hydrogen-bond donors (Lipinski definition) is 1. The Kier molecular flexibility index (Phi) is 4.58. The van der Waals surface area contributed by atoms with Gasteiger partial charge in [0.15, 0.2) is 0 Å². The van der Waals surface area contributed by atoms with E-state index in [9.17, 15) is 9.59 Å². The molecular formula is C20H18N2O3S. The molecule has 2 amide bonds. The normalized spacial score (nSPS) is 14.3. The highest BCUT2D eigenvalue weighted by Gasteiger charge is 2.34. The van der Waals surface area contributed by atoms with Crippen LogP contribution in [-0.4, -0.2) is 16.7 Å². The first-order valence-electron chi connectivity index (χ1n) is 8.44. The molecule has 1 aromatic carbocycles. The maximum atomic E-state index is 12.8. The molecule has 3 heterocycles. The topological polar surface area (TPSA) is 62.6 Å². The smallest absolute Gasteiger partial charge is 0.255 e. The molecule has 0 saturated carbocycles. The van der Waals surface area contributed by atoms with Gasteiger partial charge in [0.05, 0.1) is 25.3 Å². The van der Waals surface area contributed by atoms with Gasteiger partial charge in [0.25, 0.3) is 5.91 Å². The molecule has 3 aromatic rings. The molecule has 26 heavy (non-hydrogen) atoms. The number of thiophene rings is 1. The maximum absolute atomic E-state index is 12.8. The molecule has 0 bridgehead atoms. The molecule has 1 aliphatic rings. The van der Waals surface area contributed by atoms with Crippen LogP contribution in [0.3, 0.4) is 0 Å². The molecular weight excluding hydrogens is 348 g/mol. The van der Waals surface area contributed by atoms with Crippen molar-refractivity contribution in [2.45, 2.75) is 25.6 Å². The van der Waals surface area contributed by atoms with Gasteiger partial charge in [-0.3, -0.25) is 9.59 Å². The van der Waals surface area contributed by atoms with Crippen LogP contribution in [0.25, 0.3) is 0 Å². The number of furan rings is 1. The first kappa shape index (κ1) is 16.6. The summed E-state index contributed by atoms with van der Waals surface area (Å²) in [5, 5.41) is 4.84. The van der Waals surface area contributed by atoms with Crippen molar-refractivity contribution in [3.8, 4) is 0 Å². The van der Waals surface area contributed by atoms with E-state index in [2.05, 4.69) is 5.32 Å². The number of hydrogen-bond acceptors (Lipinski definition) is 4. The summed E-state index contributed by atoms with van der Waals surface area (Å²) in [4.78, 5) is 28.1. The predicted octanol–water partition coefficient (Wildman–Crippen LogP) is 3.74. The summed E-state index contributed by atoms with van der Waals surface area (Å²) in [6.45, 7) is 0.875. The first-order chi connectivity index (χ1) is 12.7. The molecule has 6 heteroatoms. The molecule has 0 aliphatic carbocycles. The summed E-state index contributed by atoms with van der Waals surface area (Å²) in [6, 6.07) is 14.9. The van der Waals surface area contributed by atoms with E-state index >= 15 is 0 Å². The molecule has 0 spiro atoms. The Balaban J connectivity index is 1.51. The van der Waals surface area contributed by atoms with Crippen LogP contribution >= 0.6 is 11.3 Å². The highest BCUT2D eigenvalue weighted by Crippen LogP contribution is 2.35. The van der Waals surface area contributed by atoms with Gasteiger partial charge in [0.1, 0.15) is 5.76 Å². The van der Waals surface area contributed by atoms with E-state index in [-0.39, 0.29) is 24.3 Å². The zero-order chi connectivity index (χ0) is 17.9. The zero-order valence-corrected chi connectivity index (χ0v) is 14.9. The Labute approximate surface area is 155 Å². The molecule has 0 fully saturated rings. The third-order valence-corrected chi connectivity index (χ3v) is 5.49. The van der Waals surface area contributed by atoms with Crippen LogP contribution in [-0.2, 0) is 17.9 Å². The van der Waals surface area contributed by atoms with Gasteiger partial charge >= 0.3 is 0 Å². The molecule has 1 atom stereocenters. The Hall–Kier alpha value is -2.86. The lowest BCUT2D eigenvalue weighted by atomic mass is 10.1. The molecule has 0 radical (unpaired) electrons. The minimum Gasteiger partial charge on any atom is -0.467 e. The van der Waals surface area contributed by atoms with Gasteiger partial charge < -0.3 is 14.6 Å². The van der Waals surface area contributed by atoms with Crippen LogP contribution in [0.4, 0.5) is 0 Å². The number of carbonyl (C=O) groups excluding carboxylic acids is 2. The summed E-state index contributed by atoms with van der Waals surface area (Å²) in [5.41, 5.74) is 1.74. The van der Waals surface area contributed by atoms with Crippen LogP contribution in [0.15, 0.2) is 64.6 Å². The highest BCUT2D eigenvalue weighted by atomic mass is 32.1. The van der Waals surface area contributed by atoms with Crippen LogP contribution < -0.4 is 5.32 Å². The molecule has 132 valence electrons. The van der Waals surface area contributed by atoms with Crippen LogP contribution in [0, 0.1) is 0 Å². The summed E-state index contributed by atoms with van der Waals surface area (Å²) in [6.07, 6.45) is 1.80. The predicted molar refractivity (Wildman–Crippen MR) is 98.5 cm³/mol. The second-order valence-electron chi connectivity index (χ2n) is 6.18. The first-order valence-corrected chi connectivity index (χ1v) is 9.31. The number of amides is 2. The van der Waals surface area contributed by atoms with Gasteiger partial charge in [-0.25, -0.2) is 0 Å². The van der Waals surface area contributed by atoms with Gasteiger partial charge in [-0.05, 0) is 35.2 Å². The van der Waals surface area contributed by atoms with Gasteiger partial charge in [0.2, 0.25) is 5.91 Å². The number of fused-ring (bicyclic) bond motifs is 1. The van der Waals surface area contributed by atoms with Crippen molar-refractivity contribution in [2.24, 2.45) is 0 Å². The van der Waals surface area contributed by atoms with Crippen molar-refractivity contribution in [1.82, 2.24) is 10.2 Å². The van der Waals surface area contributed by atoms with E-state index in [0.717, 1.165) is 16.0 Å². The van der Waals surface area contributed by atoms with E-state index in [1.165, 1.54) is 0 Å². The van der Waals surface area contributed by atoms with Crippen molar-refractivity contribution < 1.29 is 14.0 Å².